The summed E-state index contributed by atoms with van der Waals surface area (Å²) in [6, 6.07) is 3.13. The molecular weight excluding hydrogens is 275 g/mol. The van der Waals surface area contributed by atoms with Crippen molar-refractivity contribution in [3.63, 3.8) is 0 Å². The molecule has 1 aromatic rings. The Morgan fingerprint density at radius 2 is 2.22 bits per heavy atom. The number of amides is 1. The molecule has 0 fully saturated rings. The zero-order valence-corrected chi connectivity index (χ0v) is 11.4. The van der Waals surface area contributed by atoms with Gasteiger partial charge in [0.15, 0.2) is 0 Å². The number of rotatable bonds is 3. The van der Waals surface area contributed by atoms with Crippen molar-refractivity contribution in [1.29, 1.82) is 0 Å². The normalized spacial score (nSPS) is 22.3. The number of primary amides is 1. The van der Waals surface area contributed by atoms with Crippen LogP contribution in [0.4, 0.5) is 0 Å². The van der Waals surface area contributed by atoms with Crippen LogP contribution in [0.25, 0.3) is 0 Å². The maximum Gasteiger partial charge on any atom is 0.231 e. The topological polar surface area (TPSA) is 66.6 Å². The van der Waals surface area contributed by atoms with E-state index in [0.29, 0.717) is 16.5 Å². The van der Waals surface area contributed by atoms with Gasteiger partial charge in [0.25, 0.3) is 0 Å². The molecule has 1 aliphatic carbocycles. The molecule has 98 valence electrons. The van der Waals surface area contributed by atoms with Crippen LogP contribution in [0.1, 0.15) is 17.2 Å². The first-order chi connectivity index (χ1) is 8.40. The quantitative estimate of drug-likeness (QED) is 0.883. The summed E-state index contributed by atoms with van der Waals surface area (Å²) < 4.78 is 0. The number of hydrogen-bond acceptors (Lipinski definition) is 3. The molecular formula is C12H14Cl2N2O2. The number of carbonyl (C=O) groups is 1. The van der Waals surface area contributed by atoms with Crippen LogP contribution < -0.4 is 5.73 Å². The Morgan fingerprint density at radius 1 is 1.56 bits per heavy atom. The number of aliphatic hydroxyl groups excluding tert-OH is 1. The SMILES string of the molecule is CN(CC(N)=O)C1c2cc(Cl)cc(Cl)c2CC1O. The first kappa shape index (κ1) is 13.6. The molecule has 0 bridgehead atoms. The van der Waals surface area contributed by atoms with Gasteiger partial charge in [0.2, 0.25) is 5.91 Å². The lowest BCUT2D eigenvalue weighted by atomic mass is 10.1. The van der Waals surface area contributed by atoms with Crippen LogP contribution in [0, 0.1) is 0 Å². The highest BCUT2D eigenvalue weighted by Crippen LogP contribution is 2.40. The van der Waals surface area contributed by atoms with Crippen molar-refractivity contribution in [2.75, 3.05) is 13.6 Å². The standard InChI is InChI=1S/C12H14Cl2N2O2/c1-16(5-11(15)18)12-8-2-6(13)3-9(14)7(8)4-10(12)17/h2-3,10,12,17H,4-5H2,1H3,(H2,15,18). The second-order valence-corrected chi connectivity index (χ2v) is 5.40. The van der Waals surface area contributed by atoms with Crippen molar-refractivity contribution in [2.45, 2.75) is 18.6 Å². The molecule has 1 aromatic carbocycles. The fourth-order valence-electron chi connectivity index (χ4n) is 2.51. The van der Waals surface area contributed by atoms with Gasteiger partial charge in [0.05, 0.1) is 18.7 Å². The maximum atomic E-state index is 11.0. The average Bonchev–Trinajstić information content (AvgIpc) is 2.53. The molecule has 1 amide bonds. The first-order valence-electron chi connectivity index (χ1n) is 5.54. The number of nitrogens with zero attached hydrogens (tertiary/aromatic N) is 1. The van der Waals surface area contributed by atoms with Crippen molar-refractivity contribution >= 4 is 29.1 Å². The molecule has 0 saturated heterocycles. The molecule has 2 atom stereocenters. The Balaban J connectivity index is 2.38. The van der Waals surface area contributed by atoms with E-state index < -0.39 is 12.0 Å². The van der Waals surface area contributed by atoms with Crippen LogP contribution in [0.5, 0.6) is 0 Å². The van der Waals surface area contributed by atoms with E-state index in [4.69, 9.17) is 28.9 Å². The first-order valence-corrected chi connectivity index (χ1v) is 6.30. The summed E-state index contributed by atoms with van der Waals surface area (Å²) >= 11 is 12.1. The molecule has 3 N–H and O–H groups in total. The average molecular weight is 289 g/mol. The van der Waals surface area contributed by atoms with E-state index in [1.807, 2.05) is 0 Å². The number of benzene rings is 1. The van der Waals surface area contributed by atoms with Crippen LogP contribution in [0.2, 0.25) is 10.0 Å². The molecule has 4 nitrogen and oxygen atoms in total. The van der Waals surface area contributed by atoms with Gasteiger partial charge in [-0.05, 0) is 30.3 Å². The molecule has 0 aromatic heterocycles. The van der Waals surface area contributed by atoms with Crippen LogP contribution >= 0.6 is 23.2 Å². The zero-order chi connectivity index (χ0) is 13.4. The summed E-state index contributed by atoms with van der Waals surface area (Å²) in [5.74, 6) is -0.439. The molecule has 6 heteroatoms. The Morgan fingerprint density at radius 3 is 2.83 bits per heavy atom. The fourth-order valence-corrected chi connectivity index (χ4v) is 3.09. The van der Waals surface area contributed by atoms with Crippen LogP contribution in [-0.2, 0) is 11.2 Å². The van der Waals surface area contributed by atoms with E-state index in [2.05, 4.69) is 0 Å². The van der Waals surface area contributed by atoms with E-state index in [9.17, 15) is 9.90 Å². The third-order valence-electron chi connectivity index (χ3n) is 3.17. The summed E-state index contributed by atoms with van der Waals surface area (Å²) in [7, 11) is 1.74. The summed E-state index contributed by atoms with van der Waals surface area (Å²) in [5, 5.41) is 11.2. The molecule has 0 heterocycles. The monoisotopic (exact) mass is 288 g/mol. The van der Waals surface area contributed by atoms with Gasteiger partial charge in [-0.25, -0.2) is 0 Å². The molecule has 0 radical (unpaired) electrons. The molecule has 0 saturated carbocycles. The number of carbonyl (C=O) groups excluding carboxylic acids is 1. The smallest absolute Gasteiger partial charge is 0.231 e. The molecule has 0 spiro atoms. The number of hydrogen-bond donors (Lipinski definition) is 2. The Kier molecular flexibility index (Phi) is 3.82. The highest BCUT2D eigenvalue weighted by atomic mass is 35.5. The minimum Gasteiger partial charge on any atom is -0.391 e. The zero-order valence-electron chi connectivity index (χ0n) is 9.86. The second kappa shape index (κ2) is 5.05. The predicted molar refractivity (Wildman–Crippen MR) is 70.7 cm³/mol. The predicted octanol–water partition coefficient (Wildman–Crippen LogP) is 1.37. The Labute approximate surface area is 115 Å². The van der Waals surface area contributed by atoms with Gasteiger partial charge in [-0.2, -0.15) is 0 Å². The van der Waals surface area contributed by atoms with E-state index in [-0.39, 0.29) is 12.6 Å². The van der Waals surface area contributed by atoms with E-state index in [1.165, 1.54) is 0 Å². The lowest BCUT2D eigenvalue weighted by molar-refractivity contribution is -0.119. The van der Waals surface area contributed by atoms with Crippen molar-refractivity contribution in [2.24, 2.45) is 5.73 Å². The van der Waals surface area contributed by atoms with Crippen molar-refractivity contribution < 1.29 is 9.90 Å². The van der Waals surface area contributed by atoms with Gasteiger partial charge in [-0.1, -0.05) is 23.2 Å². The van der Waals surface area contributed by atoms with E-state index in [0.717, 1.165) is 11.1 Å². The highest BCUT2D eigenvalue weighted by Gasteiger charge is 2.35. The van der Waals surface area contributed by atoms with Gasteiger partial charge in [0, 0.05) is 16.5 Å². The van der Waals surface area contributed by atoms with Crippen molar-refractivity contribution in [3.05, 3.63) is 33.3 Å². The molecule has 2 rings (SSSR count). The number of nitrogens with two attached hydrogens (primary N) is 1. The van der Waals surface area contributed by atoms with Gasteiger partial charge >= 0.3 is 0 Å². The maximum absolute atomic E-state index is 11.0. The van der Waals surface area contributed by atoms with Gasteiger partial charge < -0.3 is 10.8 Å². The summed E-state index contributed by atoms with van der Waals surface area (Å²) in [6.07, 6.45) is -0.153. The summed E-state index contributed by atoms with van der Waals surface area (Å²) in [5.41, 5.74) is 6.92. The lowest BCUT2D eigenvalue weighted by Crippen LogP contribution is -2.37. The van der Waals surface area contributed by atoms with Crippen molar-refractivity contribution in [3.8, 4) is 0 Å². The Hall–Kier alpha value is -0.810. The van der Waals surface area contributed by atoms with E-state index in [1.54, 1.807) is 24.1 Å². The highest BCUT2D eigenvalue weighted by molar-refractivity contribution is 6.35. The molecule has 0 aliphatic heterocycles. The molecule has 2 unspecified atom stereocenters. The number of fused-ring (bicyclic) bond motifs is 1. The molecule has 1 aliphatic rings. The summed E-state index contributed by atoms with van der Waals surface area (Å²) in [6.45, 7) is 0.0747. The minimum atomic E-state index is -0.611. The minimum absolute atomic E-state index is 0.0747. The van der Waals surface area contributed by atoms with Crippen molar-refractivity contribution in [1.82, 2.24) is 4.90 Å². The van der Waals surface area contributed by atoms with Gasteiger partial charge in [-0.3, -0.25) is 9.69 Å². The molecule has 18 heavy (non-hydrogen) atoms. The third-order valence-corrected chi connectivity index (χ3v) is 3.73. The number of likely N-dealkylation sites (N-methyl/N-ethyl adjacent to an activating group) is 1. The van der Waals surface area contributed by atoms with Gasteiger partial charge in [-0.15, -0.1) is 0 Å². The van der Waals surface area contributed by atoms with Gasteiger partial charge in [0.1, 0.15) is 0 Å². The second-order valence-electron chi connectivity index (χ2n) is 4.55. The van der Waals surface area contributed by atoms with Crippen LogP contribution in [0.3, 0.4) is 0 Å². The van der Waals surface area contributed by atoms with Crippen LogP contribution in [0.15, 0.2) is 12.1 Å². The number of halogens is 2. The van der Waals surface area contributed by atoms with Crippen LogP contribution in [-0.4, -0.2) is 35.6 Å². The Bertz CT molecular complexity index is 493. The summed E-state index contributed by atoms with van der Waals surface area (Å²) in [4.78, 5) is 12.7. The lowest BCUT2D eigenvalue weighted by Gasteiger charge is -2.26. The number of aliphatic hydroxyl groups is 1. The van der Waals surface area contributed by atoms with E-state index >= 15 is 0 Å². The fraction of sp³-hybridized carbons (Fsp3) is 0.417. The largest absolute Gasteiger partial charge is 0.391 e. The third kappa shape index (κ3) is 2.47.